The van der Waals surface area contributed by atoms with Crippen molar-refractivity contribution >= 4 is 17.5 Å². The van der Waals surface area contributed by atoms with E-state index in [4.69, 9.17) is 14.2 Å². The van der Waals surface area contributed by atoms with Gasteiger partial charge < -0.3 is 29.0 Å². The lowest BCUT2D eigenvalue weighted by Gasteiger charge is -2.27. The molecule has 1 fully saturated rings. The zero-order chi connectivity index (χ0) is 21.0. The van der Waals surface area contributed by atoms with Gasteiger partial charge in [-0.15, -0.1) is 0 Å². The molecular weight excluding hydrogens is 378 g/mol. The number of morpholine rings is 1. The molecule has 0 bridgehead atoms. The van der Waals surface area contributed by atoms with E-state index in [0.717, 1.165) is 0 Å². The van der Waals surface area contributed by atoms with Gasteiger partial charge in [-0.1, -0.05) is 6.07 Å². The monoisotopic (exact) mass is 401 g/mol. The summed E-state index contributed by atoms with van der Waals surface area (Å²) in [5.41, 5.74) is 0.0842. The summed E-state index contributed by atoms with van der Waals surface area (Å²) in [6.07, 6.45) is 1.46. The second-order valence-corrected chi connectivity index (χ2v) is 6.46. The molecule has 1 N–H and O–H groups in total. The number of pyridine rings is 1. The third-order valence-electron chi connectivity index (χ3n) is 4.62. The first-order valence-electron chi connectivity index (χ1n) is 9.06. The number of methoxy groups -OCH3 is 2. The highest BCUT2D eigenvalue weighted by atomic mass is 16.5. The molecule has 1 aliphatic rings. The minimum Gasteiger partial charge on any atom is -0.493 e. The third kappa shape index (κ3) is 4.24. The predicted molar refractivity (Wildman–Crippen MR) is 106 cm³/mol. The molecule has 2 amide bonds. The number of anilines is 1. The molecule has 9 nitrogen and oxygen atoms in total. The van der Waals surface area contributed by atoms with Gasteiger partial charge in [-0.05, 0) is 18.2 Å². The maximum Gasteiger partial charge on any atom is 0.274 e. The number of ether oxygens (including phenoxy) is 3. The summed E-state index contributed by atoms with van der Waals surface area (Å²) in [6, 6.07) is 6.26. The molecule has 0 aliphatic carbocycles. The number of rotatable bonds is 5. The molecule has 9 heteroatoms. The number of carbonyl (C=O) groups excluding carboxylic acids is 2. The van der Waals surface area contributed by atoms with Crippen molar-refractivity contribution in [2.24, 2.45) is 7.05 Å². The number of hydrogen-bond donors (Lipinski definition) is 1. The van der Waals surface area contributed by atoms with Crippen LogP contribution in [0, 0.1) is 0 Å². The quantitative estimate of drug-likeness (QED) is 0.806. The van der Waals surface area contributed by atoms with Gasteiger partial charge in [0.2, 0.25) is 0 Å². The van der Waals surface area contributed by atoms with Crippen molar-refractivity contribution in [1.82, 2.24) is 9.47 Å². The zero-order valence-corrected chi connectivity index (χ0v) is 16.6. The number of aromatic nitrogens is 1. The molecule has 0 unspecified atom stereocenters. The molecule has 0 saturated carbocycles. The first-order chi connectivity index (χ1) is 14.0. The molecular formula is C20H23N3O6. The summed E-state index contributed by atoms with van der Waals surface area (Å²) in [6.45, 7) is 1.89. The fourth-order valence-corrected chi connectivity index (χ4v) is 3.12. The van der Waals surface area contributed by atoms with E-state index in [1.165, 1.54) is 38.1 Å². The van der Waals surface area contributed by atoms with Crippen molar-refractivity contribution < 1.29 is 23.8 Å². The second-order valence-electron chi connectivity index (χ2n) is 6.46. The lowest BCUT2D eigenvalue weighted by atomic mass is 10.1. The summed E-state index contributed by atoms with van der Waals surface area (Å²) in [7, 11) is 4.42. The summed E-state index contributed by atoms with van der Waals surface area (Å²) >= 11 is 0. The number of nitrogens with one attached hydrogen (secondary N) is 1. The van der Waals surface area contributed by atoms with Gasteiger partial charge in [0.15, 0.2) is 11.5 Å². The fraction of sp³-hybridized carbons (Fsp3) is 0.350. The Bertz CT molecular complexity index is 979. The Labute approximate surface area is 167 Å². The van der Waals surface area contributed by atoms with Gasteiger partial charge in [-0.2, -0.15) is 0 Å². The normalized spacial score (nSPS) is 13.7. The van der Waals surface area contributed by atoms with Crippen molar-refractivity contribution in [2.75, 3.05) is 45.8 Å². The van der Waals surface area contributed by atoms with Gasteiger partial charge in [0.25, 0.3) is 17.4 Å². The van der Waals surface area contributed by atoms with E-state index in [1.54, 1.807) is 23.1 Å². The van der Waals surface area contributed by atoms with Crippen LogP contribution in [0.1, 0.15) is 20.7 Å². The SMILES string of the molecule is COc1cccc(C(=O)Nc2cc(C(=O)N3CCOCC3)cn(C)c2=O)c1OC. The van der Waals surface area contributed by atoms with Crippen molar-refractivity contribution in [3.05, 3.63) is 51.9 Å². The van der Waals surface area contributed by atoms with E-state index in [9.17, 15) is 14.4 Å². The Hall–Kier alpha value is -3.33. The van der Waals surface area contributed by atoms with Crippen molar-refractivity contribution in [1.29, 1.82) is 0 Å². The van der Waals surface area contributed by atoms with Crippen molar-refractivity contribution in [3.8, 4) is 11.5 Å². The molecule has 2 aromatic rings. The number of benzene rings is 1. The van der Waals surface area contributed by atoms with Gasteiger partial charge in [-0.3, -0.25) is 14.4 Å². The maximum absolute atomic E-state index is 12.8. The second kappa shape index (κ2) is 8.78. The van der Waals surface area contributed by atoms with Crippen LogP contribution in [0.5, 0.6) is 11.5 Å². The van der Waals surface area contributed by atoms with Crippen LogP contribution >= 0.6 is 0 Å². The number of carbonyl (C=O) groups is 2. The summed E-state index contributed by atoms with van der Waals surface area (Å²) in [5, 5.41) is 2.59. The molecule has 0 atom stereocenters. The van der Waals surface area contributed by atoms with Crippen LogP contribution in [0.2, 0.25) is 0 Å². The Morgan fingerprint density at radius 1 is 1.14 bits per heavy atom. The van der Waals surface area contributed by atoms with E-state index in [1.807, 2.05) is 0 Å². The summed E-state index contributed by atoms with van der Waals surface area (Å²) in [5.74, 6) is -0.124. The first-order valence-corrected chi connectivity index (χ1v) is 9.06. The Morgan fingerprint density at radius 3 is 2.52 bits per heavy atom. The minimum absolute atomic E-state index is 0.00137. The Kier molecular flexibility index (Phi) is 6.18. The van der Waals surface area contributed by atoms with Gasteiger partial charge >= 0.3 is 0 Å². The largest absolute Gasteiger partial charge is 0.493 e. The van der Waals surface area contributed by atoms with Crippen LogP contribution in [-0.2, 0) is 11.8 Å². The van der Waals surface area contributed by atoms with Crippen LogP contribution in [0.15, 0.2) is 35.3 Å². The van der Waals surface area contributed by atoms with Crippen molar-refractivity contribution in [2.45, 2.75) is 0 Å². The van der Waals surface area contributed by atoms with Crippen molar-refractivity contribution in [3.63, 3.8) is 0 Å². The highest BCUT2D eigenvalue weighted by Crippen LogP contribution is 2.31. The van der Waals surface area contributed by atoms with Gasteiger partial charge in [-0.25, -0.2) is 0 Å². The van der Waals surface area contributed by atoms with E-state index in [0.29, 0.717) is 37.6 Å². The summed E-state index contributed by atoms with van der Waals surface area (Å²) in [4.78, 5) is 39.7. The standard InChI is InChI=1S/C20H23N3O6/c1-22-12-13(19(25)23-7-9-29-10-8-23)11-15(20(22)26)21-18(24)14-5-4-6-16(27-2)17(14)28-3/h4-6,11-12H,7-10H2,1-3H3,(H,21,24). The Balaban J connectivity index is 1.91. The number of nitrogens with zero attached hydrogens (tertiary/aromatic N) is 2. The molecule has 1 aliphatic heterocycles. The lowest BCUT2D eigenvalue weighted by Crippen LogP contribution is -2.41. The zero-order valence-electron chi connectivity index (χ0n) is 16.6. The topological polar surface area (TPSA) is 99.1 Å². The van der Waals surface area contributed by atoms with E-state index < -0.39 is 11.5 Å². The minimum atomic E-state index is -0.547. The molecule has 0 radical (unpaired) electrons. The molecule has 29 heavy (non-hydrogen) atoms. The average molecular weight is 401 g/mol. The number of hydrogen-bond acceptors (Lipinski definition) is 6. The highest BCUT2D eigenvalue weighted by molar-refractivity contribution is 6.07. The fourth-order valence-electron chi connectivity index (χ4n) is 3.12. The predicted octanol–water partition coefficient (Wildman–Crippen LogP) is 1.13. The molecule has 1 aromatic carbocycles. The highest BCUT2D eigenvalue weighted by Gasteiger charge is 2.22. The maximum atomic E-state index is 12.8. The first kappa shape index (κ1) is 20.4. The van der Waals surface area contributed by atoms with Crippen LogP contribution in [0.25, 0.3) is 0 Å². The van der Waals surface area contributed by atoms with E-state index >= 15 is 0 Å². The molecule has 1 saturated heterocycles. The van der Waals surface area contributed by atoms with Crippen LogP contribution < -0.4 is 20.3 Å². The molecule has 3 rings (SSSR count). The van der Waals surface area contributed by atoms with Crippen LogP contribution in [0.3, 0.4) is 0 Å². The van der Waals surface area contributed by atoms with Crippen LogP contribution in [0.4, 0.5) is 5.69 Å². The third-order valence-corrected chi connectivity index (χ3v) is 4.62. The van der Waals surface area contributed by atoms with E-state index in [2.05, 4.69) is 5.32 Å². The lowest BCUT2D eigenvalue weighted by molar-refractivity contribution is 0.0302. The molecule has 2 heterocycles. The average Bonchev–Trinajstić information content (AvgIpc) is 2.75. The molecule has 154 valence electrons. The number of aryl methyl sites for hydroxylation is 1. The number of amides is 2. The van der Waals surface area contributed by atoms with Gasteiger partial charge in [0, 0.05) is 26.3 Å². The number of para-hydroxylation sites is 1. The van der Waals surface area contributed by atoms with Gasteiger partial charge in [0.1, 0.15) is 5.69 Å². The van der Waals surface area contributed by atoms with E-state index in [-0.39, 0.29) is 22.9 Å². The summed E-state index contributed by atoms with van der Waals surface area (Å²) < 4.78 is 17.0. The smallest absolute Gasteiger partial charge is 0.274 e. The molecule has 1 aromatic heterocycles. The molecule has 0 spiro atoms. The van der Waals surface area contributed by atoms with Crippen LogP contribution in [-0.4, -0.2) is 61.8 Å². The van der Waals surface area contributed by atoms with Gasteiger partial charge in [0.05, 0.1) is 38.6 Å². The Morgan fingerprint density at radius 2 is 1.86 bits per heavy atom.